The molecule has 0 spiro atoms. The predicted octanol–water partition coefficient (Wildman–Crippen LogP) is 1.93. The second-order valence-electron chi connectivity index (χ2n) is 0.953. The fraction of sp³-hybridized carbons (Fsp3) is 0. The molecule has 0 aliphatic carbocycles. The normalized spacial score (nSPS) is 11.4. The Labute approximate surface area is 59.0 Å². The molecule has 0 fully saturated rings. The Morgan fingerprint density at radius 3 is 2.71 bits per heavy atom. The summed E-state index contributed by atoms with van der Waals surface area (Å²) in [5.41, 5.74) is 0. The first-order valence-corrected chi connectivity index (χ1v) is 3.16. The SMILES string of the molecule is [2H]c1nc(Br)c(Br)[nH]1. The van der Waals surface area contributed by atoms with Crippen molar-refractivity contribution in [3.63, 3.8) is 0 Å². The molecule has 1 aromatic rings. The van der Waals surface area contributed by atoms with Crippen LogP contribution < -0.4 is 0 Å². The minimum Gasteiger partial charge on any atom is -0.338 e. The van der Waals surface area contributed by atoms with Gasteiger partial charge in [-0.2, -0.15) is 0 Å². The van der Waals surface area contributed by atoms with Crippen LogP contribution >= 0.6 is 31.9 Å². The van der Waals surface area contributed by atoms with Gasteiger partial charge in [0.2, 0.25) is 0 Å². The lowest BCUT2D eigenvalue weighted by molar-refractivity contribution is 1.29. The highest BCUT2D eigenvalue weighted by Crippen LogP contribution is 2.15. The average Bonchev–Trinajstić information content (AvgIpc) is 1.85. The summed E-state index contributed by atoms with van der Waals surface area (Å²) in [7, 11) is 0. The van der Waals surface area contributed by atoms with Gasteiger partial charge >= 0.3 is 0 Å². The van der Waals surface area contributed by atoms with Gasteiger partial charge in [-0.25, -0.2) is 4.98 Å². The van der Waals surface area contributed by atoms with Gasteiger partial charge in [0.15, 0.2) is 0 Å². The molecule has 1 aromatic heterocycles. The first-order valence-electron chi connectivity index (χ1n) is 2.08. The molecule has 0 saturated heterocycles. The zero-order chi connectivity index (χ0) is 6.15. The first-order chi connectivity index (χ1) is 3.70. The molecule has 0 aliphatic heterocycles. The second kappa shape index (κ2) is 1.96. The van der Waals surface area contributed by atoms with Gasteiger partial charge in [0, 0.05) is 0 Å². The molecule has 2 nitrogen and oxygen atoms in total. The molecule has 1 heterocycles. The summed E-state index contributed by atoms with van der Waals surface area (Å²) in [5.74, 6) is 0. The molecule has 0 saturated carbocycles. The van der Waals surface area contributed by atoms with Crippen molar-refractivity contribution in [3.8, 4) is 0 Å². The van der Waals surface area contributed by atoms with Crippen LogP contribution in [0.1, 0.15) is 1.37 Å². The maximum absolute atomic E-state index is 6.93. The van der Waals surface area contributed by atoms with Crippen LogP contribution in [0.2, 0.25) is 0 Å². The van der Waals surface area contributed by atoms with Gasteiger partial charge in [-0.3, -0.25) is 0 Å². The number of aromatic amines is 1. The van der Waals surface area contributed by atoms with Crippen molar-refractivity contribution >= 4 is 31.9 Å². The van der Waals surface area contributed by atoms with Crippen LogP contribution in [0.25, 0.3) is 0 Å². The molecule has 0 aliphatic rings. The topological polar surface area (TPSA) is 28.7 Å². The van der Waals surface area contributed by atoms with Crippen molar-refractivity contribution in [2.24, 2.45) is 0 Å². The third kappa shape index (κ3) is 1.04. The van der Waals surface area contributed by atoms with Crippen molar-refractivity contribution in [1.29, 1.82) is 0 Å². The van der Waals surface area contributed by atoms with E-state index >= 15 is 0 Å². The highest BCUT2D eigenvalue weighted by molar-refractivity contribution is 9.13. The average molecular weight is 227 g/mol. The number of halogens is 2. The van der Waals surface area contributed by atoms with Gasteiger partial charge in [-0.05, 0) is 31.9 Å². The molecule has 0 unspecified atom stereocenters. The molecule has 0 atom stereocenters. The maximum atomic E-state index is 6.93. The van der Waals surface area contributed by atoms with E-state index in [1.54, 1.807) is 0 Å². The van der Waals surface area contributed by atoms with Crippen LogP contribution in [-0.2, 0) is 0 Å². The molecule has 38 valence electrons. The zero-order valence-electron chi connectivity index (χ0n) is 4.20. The summed E-state index contributed by atoms with van der Waals surface area (Å²) in [6.07, 6.45) is 0.156. The van der Waals surface area contributed by atoms with Gasteiger partial charge in [0.25, 0.3) is 0 Å². The monoisotopic (exact) mass is 225 g/mol. The van der Waals surface area contributed by atoms with Crippen molar-refractivity contribution in [3.05, 3.63) is 15.5 Å². The van der Waals surface area contributed by atoms with E-state index in [1.165, 1.54) is 0 Å². The molecule has 0 amide bonds. The summed E-state index contributed by atoms with van der Waals surface area (Å²) in [4.78, 5) is 6.32. The van der Waals surface area contributed by atoms with E-state index in [0.717, 1.165) is 0 Å². The van der Waals surface area contributed by atoms with Crippen LogP contribution in [-0.4, -0.2) is 9.97 Å². The number of H-pyrrole nitrogens is 1. The largest absolute Gasteiger partial charge is 0.338 e. The van der Waals surface area contributed by atoms with Gasteiger partial charge in [0.05, 0.1) is 6.30 Å². The zero-order valence-corrected chi connectivity index (χ0v) is 6.38. The van der Waals surface area contributed by atoms with Crippen LogP contribution in [0.4, 0.5) is 0 Å². The van der Waals surface area contributed by atoms with Crippen LogP contribution in [0, 0.1) is 0 Å². The summed E-state index contributed by atoms with van der Waals surface area (Å²) >= 11 is 6.24. The summed E-state index contributed by atoms with van der Waals surface area (Å²) in [6.45, 7) is 0. The van der Waals surface area contributed by atoms with Crippen molar-refractivity contribution in [1.82, 2.24) is 9.97 Å². The number of imidazole rings is 1. The number of nitrogens with one attached hydrogen (secondary N) is 1. The molecule has 0 aromatic carbocycles. The molecular formula is C3H2Br2N2. The molecule has 1 N–H and O–H groups in total. The van der Waals surface area contributed by atoms with Gasteiger partial charge in [-0.1, -0.05) is 0 Å². The lowest BCUT2D eigenvalue weighted by Gasteiger charge is -1.74. The van der Waals surface area contributed by atoms with E-state index in [0.29, 0.717) is 9.21 Å². The maximum Gasteiger partial charge on any atom is 0.138 e. The van der Waals surface area contributed by atoms with Gasteiger partial charge in [0.1, 0.15) is 10.6 Å². The van der Waals surface area contributed by atoms with Crippen LogP contribution in [0.5, 0.6) is 0 Å². The standard InChI is InChI=1S/C3H2Br2N2/c4-2-3(5)7-1-6-2/h1H,(H,6,7)/i1D. The highest BCUT2D eigenvalue weighted by Gasteiger charge is 1.92. The van der Waals surface area contributed by atoms with Crippen LogP contribution in [0.15, 0.2) is 15.5 Å². The Bertz CT molecular complexity index is 178. The second-order valence-corrected chi connectivity index (χ2v) is 2.50. The third-order valence-corrected chi connectivity index (χ3v) is 2.18. The quantitative estimate of drug-likeness (QED) is 0.720. The lowest BCUT2D eigenvalue weighted by atomic mass is 11.0. The highest BCUT2D eigenvalue weighted by atomic mass is 79.9. The van der Waals surface area contributed by atoms with E-state index in [9.17, 15) is 0 Å². The van der Waals surface area contributed by atoms with E-state index in [1.807, 2.05) is 0 Å². The number of rotatable bonds is 0. The number of aromatic nitrogens is 2. The fourth-order valence-electron chi connectivity index (χ4n) is 0.227. The Morgan fingerprint density at radius 1 is 1.86 bits per heavy atom. The fourth-order valence-corrected chi connectivity index (χ4v) is 0.592. The molecule has 7 heavy (non-hydrogen) atoms. The molecule has 0 bridgehead atoms. The molecule has 4 heteroatoms. The predicted molar refractivity (Wildman–Crippen MR) is 34.0 cm³/mol. The Morgan fingerprint density at radius 2 is 2.57 bits per heavy atom. The van der Waals surface area contributed by atoms with Crippen molar-refractivity contribution < 1.29 is 1.37 Å². The Kier molecular flexibility index (Phi) is 1.15. The van der Waals surface area contributed by atoms with Gasteiger partial charge in [-0.15, -0.1) is 0 Å². The molecule has 1 rings (SSSR count). The van der Waals surface area contributed by atoms with Crippen molar-refractivity contribution in [2.75, 3.05) is 0 Å². The Balaban J connectivity index is 3.14. The minimum absolute atomic E-state index is 0.156. The molecular weight excluding hydrogens is 224 g/mol. The summed E-state index contributed by atoms with van der Waals surface area (Å²) in [6, 6.07) is 0. The minimum atomic E-state index is 0.156. The van der Waals surface area contributed by atoms with E-state index < -0.39 is 0 Å². The first kappa shape index (κ1) is 4.09. The lowest BCUT2D eigenvalue weighted by Crippen LogP contribution is -1.57. The summed E-state index contributed by atoms with van der Waals surface area (Å²) in [5, 5.41) is 0. The van der Waals surface area contributed by atoms with Crippen LogP contribution in [0.3, 0.4) is 0 Å². The van der Waals surface area contributed by atoms with Gasteiger partial charge < -0.3 is 4.98 Å². The smallest absolute Gasteiger partial charge is 0.138 e. The van der Waals surface area contributed by atoms with Crippen molar-refractivity contribution in [2.45, 2.75) is 0 Å². The van der Waals surface area contributed by atoms with E-state index in [4.69, 9.17) is 1.37 Å². The summed E-state index contributed by atoms with van der Waals surface area (Å²) < 4.78 is 8.28. The van der Waals surface area contributed by atoms with E-state index in [2.05, 4.69) is 41.8 Å². The molecule has 0 radical (unpaired) electrons. The number of hydrogen-bond donors (Lipinski definition) is 1. The number of hydrogen-bond acceptors (Lipinski definition) is 1. The Hall–Kier alpha value is 0.170. The number of nitrogens with zero attached hydrogens (tertiary/aromatic N) is 1. The third-order valence-electron chi connectivity index (χ3n) is 0.501. The van der Waals surface area contributed by atoms with E-state index in [-0.39, 0.29) is 6.30 Å².